The summed E-state index contributed by atoms with van der Waals surface area (Å²) in [7, 11) is -1.95. The molecule has 2 aromatic rings. The molecule has 17 heavy (non-hydrogen) atoms. The van der Waals surface area contributed by atoms with Crippen LogP contribution in [0.5, 0.6) is 5.75 Å². The molecule has 0 spiro atoms. The van der Waals surface area contributed by atoms with Crippen molar-refractivity contribution in [1.82, 2.24) is 9.13 Å². The zero-order chi connectivity index (χ0) is 12.8. The third kappa shape index (κ3) is 2.03. The lowest BCUT2D eigenvalue weighted by Gasteiger charge is -2.00. The third-order valence-corrected chi connectivity index (χ3v) is 2.83. The summed E-state index contributed by atoms with van der Waals surface area (Å²) < 4.78 is 39.8. The molecule has 6 nitrogen and oxygen atoms in total. The van der Waals surface area contributed by atoms with Crippen LogP contribution in [-0.4, -0.2) is 17.6 Å². The summed E-state index contributed by atoms with van der Waals surface area (Å²) in [4.78, 5) is 11.6. The number of fused-ring (bicyclic) bond motifs is 1. The van der Waals surface area contributed by atoms with Gasteiger partial charge in [-0.1, -0.05) is 3.89 Å². The highest BCUT2D eigenvalue weighted by Crippen LogP contribution is 2.20. The van der Waals surface area contributed by atoms with Gasteiger partial charge in [0, 0.05) is 20.2 Å². The van der Waals surface area contributed by atoms with E-state index >= 15 is 0 Å². The molecule has 0 bridgehead atoms. The van der Waals surface area contributed by atoms with Gasteiger partial charge in [-0.3, -0.25) is 9.13 Å². The zero-order valence-electron chi connectivity index (χ0n) is 9.05. The Morgan fingerprint density at radius 3 is 2.35 bits per heavy atom. The average molecular weight is 260 g/mol. The minimum atomic E-state index is -5.06. The molecule has 0 aliphatic heterocycles. The van der Waals surface area contributed by atoms with Gasteiger partial charge in [0.25, 0.3) is 0 Å². The first-order chi connectivity index (χ1) is 7.79. The Hall–Kier alpha value is -1.83. The van der Waals surface area contributed by atoms with E-state index < -0.39 is 10.5 Å². The Bertz CT molecular complexity index is 744. The number of hydrogen-bond donors (Lipinski definition) is 0. The zero-order valence-corrected chi connectivity index (χ0v) is 9.86. The SMILES string of the molecule is Cn1c(=O)n(C)c2cc(OS(=O)(=O)F)ccc21. The first-order valence-electron chi connectivity index (χ1n) is 4.59. The quantitative estimate of drug-likeness (QED) is 0.736. The van der Waals surface area contributed by atoms with Gasteiger partial charge in [0.15, 0.2) is 0 Å². The van der Waals surface area contributed by atoms with Crippen LogP contribution in [0.3, 0.4) is 0 Å². The van der Waals surface area contributed by atoms with E-state index in [1.54, 1.807) is 7.05 Å². The predicted molar refractivity (Wildman–Crippen MR) is 58.8 cm³/mol. The highest BCUT2D eigenvalue weighted by molar-refractivity contribution is 7.81. The second-order valence-electron chi connectivity index (χ2n) is 3.53. The predicted octanol–water partition coefficient (Wildman–Crippen LogP) is 0.470. The Morgan fingerprint density at radius 1 is 1.18 bits per heavy atom. The van der Waals surface area contributed by atoms with Crippen molar-refractivity contribution in [2.75, 3.05) is 0 Å². The van der Waals surface area contributed by atoms with Crippen molar-refractivity contribution in [2.24, 2.45) is 14.1 Å². The molecule has 0 saturated heterocycles. The van der Waals surface area contributed by atoms with Crippen molar-refractivity contribution in [2.45, 2.75) is 0 Å². The minimum Gasteiger partial charge on any atom is -0.358 e. The molecule has 1 aromatic heterocycles. The summed E-state index contributed by atoms with van der Waals surface area (Å²) >= 11 is 0. The van der Waals surface area contributed by atoms with E-state index in [0.29, 0.717) is 11.0 Å². The standard InChI is InChI=1S/C9H9FN2O4S/c1-11-7-4-3-6(16-17(10,14)15)5-8(7)12(2)9(11)13/h3-5H,1-2H3. The summed E-state index contributed by atoms with van der Waals surface area (Å²) in [5.74, 6) is -0.179. The van der Waals surface area contributed by atoms with Crippen molar-refractivity contribution in [1.29, 1.82) is 0 Å². The Labute approximate surface area is 96.3 Å². The van der Waals surface area contributed by atoms with E-state index in [-0.39, 0.29) is 11.4 Å². The Kier molecular flexibility index (Phi) is 2.46. The molecule has 0 N–H and O–H groups in total. The highest BCUT2D eigenvalue weighted by atomic mass is 32.3. The molecule has 0 aliphatic carbocycles. The molecule has 0 atom stereocenters. The number of imidazole rings is 1. The molecular formula is C9H9FN2O4S. The second-order valence-corrected chi connectivity index (χ2v) is 4.48. The van der Waals surface area contributed by atoms with E-state index in [0.717, 1.165) is 0 Å². The maximum Gasteiger partial charge on any atom is 0.488 e. The van der Waals surface area contributed by atoms with E-state index in [1.165, 1.54) is 34.4 Å². The van der Waals surface area contributed by atoms with Gasteiger partial charge < -0.3 is 4.18 Å². The summed E-state index contributed by atoms with van der Waals surface area (Å²) in [6.45, 7) is 0. The lowest BCUT2D eigenvalue weighted by molar-refractivity contribution is 0.440. The fourth-order valence-corrected chi connectivity index (χ4v) is 1.99. The highest BCUT2D eigenvalue weighted by Gasteiger charge is 2.13. The smallest absolute Gasteiger partial charge is 0.358 e. The number of aryl methyl sites for hydroxylation is 2. The number of nitrogens with zero attached hydrogens (tertiary/aromatic N) is 2. The van der Waals surface area contributed by atoms with Crippen LogP contribution < -0.4 is 9.87 Å². The molecule has 8 heteroatoms. The van der Waals surface area contributed by atoms with Crippen molar-refractivity contribution in [3.63, 3.8) is 0 Å². The van der Waals surface area contributed by atoms with Gasteiger partial charge in [-0.05, 0) is 12.1 Å². The Balaban J connectivity index is 2.66. The lowest BCUT2D eigenvalue weighted by Crippen LogP contribution is -2.19. The van der Waals surface area contributed by atoms with Crippen molar-refractivity contribution >= 4 is 21.5 Å². The molecule has 0 amide bonds. The fourth-order valence-electron chi connectivity index (χ4n) is 1.65. The van der Waals surface area contributed by atoms with Crippen LogP contribution >= 0.6 is 0 Å². The normalized spacial score (nSPS) is 11.9. The molecule has 92 valence electrons. The fraction of sp³-hybridized carbons (Fsp3) is 0.222. The topological polar surface area (TPSA) is 70.3 Å². The van der Waals surface area contributed by atoms with E-state index in [4.69, 9.17) is 0 Å². The molecule has 2 rings (SSSR count). The first kappa shape index (κ1) is 11.6. The van der Waals surface area contributed by atoms with Crippen LogP contribution in [-0.2, 0) is 24.6 Å². The largest absolute Gasteiger partial charge is 0.488 e. The van der Waals surface area contributed by atoms with Crippen molar-refractivity contribution < 1.29 is 16.5 Å². The van der Waals surface area contributed by atoms with E-state index in [1.807, 2.05) is 0 Å². The van der Waals surface area contributed by atoms with Gasteiger partial charge in [-0.25, -0.2) is 4.79 Å². The molecular weight excluding hydrogens is 251 g/mol. The molecule has 0 aliphatic rings. The van der Waals surface area contributed by atoms with Crippen LogP contribution in [0.2, 0.25) is 0 Å². The van der Waals surface area contributed by atoms with Gasteiger partial charge in [0.1, 0.15) is 5.75 Å². The summed E-state index contributed by atoms with van der Waals surface area (Å²) in [5.41, 5.74) is 0.792. The van der Waals surface area contributed by atoms with Gasteiger partial charge in [-0.2, -0.15) is 8.42 Å². The van der Waals surface area contributed by atoms with Crippen LogP contribution in [0.15, 0.2) is 23.0 Å². The molecule has 1 aromatic carbocycles. The Morgan fingerprint density at radius 2 is 1.76 bits per heavy atom. The third-order valence-electron chi connectivity index (χ3n) is 2.44. The number of hydrogen-bond acceptors (Lipinski definition) is 4. The monoisotopic (exact) mass is 260 g/mol. The number of benzene rings is 1. The summed E-state index contributed by atoms with van der Waals surface area (Å²) in [6.07, 6.45) is 0. The summed E-state index contributed by atoms with van der Waals surface area (Å²) in [6, 6.07) is 4.05. The number of rotatable bonds is 2. The molecule has 0 saturated carbocycles. The maximum absolute atomic E-state index is 12.3. The van der Waals surface area contributed by atoms with Crippen LogP contribution in [0.4, 0.5) is 3.89 Å². The van der Waals surface area contributed by atoms with Crippen LogP contribution in [0, 0.1) is 0 Å². The molecule has 0 fully saturated rings. The minimum absolute atomic E-state index is 0.179. The van der Waals surface area contributed by atoms with E-state index in [2.05, 4.69) is 4.18 Å². The number of aromatic nitrogens is 2. The van der Waals surface area contributed by atoms with Gasteiger partial charge in [-0.15, -0.1) is 0 Å². The van der Waals surface area contributed by atoms with Crippen molar-refractivity contribution in [3.05, 3.63) is 28.7 Å². The lowest BCUT2D eigenvalue weighted by atomic mass is 10.3. The number of halogens is 1. The first-order valence-corrected chi connectivity index (χ1v) is 5.90. The van der Waals surface area contributed by atoms with Crippen LogP contribution in [0.1, 0.15) is 0 Å². The van der Waals surface area contributed by atoms with Crippen LogP contribution in [0.25, 0.3) is 11.0 Å². The average Bonchev–Trinajstić information content (AvgIpc) is 2.42. The maximum atomic E-state index is 12.3. The second kappa shape index (κ2) is 3.59. The molecule has 0 radical (unpaired) electrons. The summed E-state index contributed by atoms with van der Waals surface area (Å²) in [5, 5.41) is 0. The van der Waals surface area contributed by atoms with E-state index in [9.17, 15) is 17.1 Å². The molecule has 0 unspecified atom stereocenters. The van der Waals surface area contributed by atoms with Gasteiger partial charge >= 0.3 is 16.2 Å². The van der Waals surface area contributed by atoms with Crippen molar-refractivity contribution in [3.8, 4) is 5.75 Å². The van der Waals surface area contributed by atoms with Gasteiger partial charge in [0.2, 0.25) is 0 Å². The molecule has 1 heterocycles. The van der Waals surface area contributed by atoms with Gasteiger partial charge in [0.05, 0.1) is 11.0 Å².